The molecule has 1 saturated heterocycles. The average molecular weight is 349 g/mol. The van der Waals surface area contributed by atoms with Crippen molar-refractivity contribution in [3.63, 3.8) is 0 Å². The van der Waals surface area contributed by atoms with Gasteiger partial charge in [0.25, 0.3) is 0 Å². The van der Waals surface area contributed by atoms with E-state index < -0.39 is 0 Å². The van der Waals surface area contributed by atoms with Crippen LogP contribution in [0.4, 0.5) is 5.82 Å². The molecule has 0 N–H and O–H groups in total. The quantitative estimate of drug-likeness (QED) is 0.824. The van der Waals surface area contributed by atoms with Crippen molar-refractivity contribution in [2.24, 2.45) is 5.92 Å². The van der Waals surface area contributed by atoms with Gasteiger partial charge in [-0.25, -0.2) is 15.0 Å². The first-order chi connectivity index (χ1) is 12.8. The van der Waals surface area contributed by atoms with E-state index in [0.29, 0.717) is 29.9 Å². The molecule has 0 radical (unpaired) electrons. The fourth-order valence-corrected chi connectivity index (χ4v) is 3.61. The molecule has 2 fully saturated rings. The highest BCUT2D eigenvalue weighted by Crippen LogP contribution is 2.35. The molecule has 2 aliphatic rings. The van der Waals surface area contributed by atoms with Crippen LogP contribution in [0.25, 0.3) is 0 Å². The Morgan fingerprint density at radius 3 is 2.73 bits per heavy atom. The molecule has 0 spiro atoms. The Morgan fingerprint density at radius 1 is 1.15 bits per heavy atom. The molecule has 6 heteroatoms. The van der Waals surface area contributed by atoms with Crippen LogP contribution in [-0.2, 0) is 0 Å². The van der Waals surface area contributed by atoms with Gasteiger partial charge >= 0.3 is 0 Å². The maximum atomic E-state index is 9.25. The predicted molar refractivity (Wildman–Crippen MR) is 98.0 cm³/mol. The van der Waals surface area contributed by atoms with E-state index in [1.807, 2.05) is 18.2 Å². The number of hydrogen-bond acceptors (Lipinski definition) is 6. The summed E-state index contributed by atoms with van der Waals surface area (Å²) in [4.78, 5) is 15.2. The summed E-state index contributed by atoms with van der Waals surface area (Å²) >= 11 is 0. The zero-order valence-electron chi connectivity index (χ0n) is 14.8. The maximum absolute atomic E-state index is 9.25. The highest BCUT2D eigenvalue weighted by atomic mass is 16.5. The minimum absolute atomic E-state index is 0.502. The van der Waals surface area contributed by atoms with Crippen LogP contribution in [0.2, 0.25) is 0 Å². The number of piperidine rings is 1. The van der Waals surface area contributed by atoms with Crippen LogP contribution in [0.5, 0.6) is 5.88 Å². The van der Waals surface area contributed by atoms with Gasteiger partial charge in [0.15, 0.2) is 0 Å². The van der Waals surface area contributed by atoms with Crippen molar-refractivity contribution in [3.05, 3.63) is 42.0 Å². The fraction of sp³-hybridized carbons (Fsp3) is 0.500. The number of aromatic nitrogens is 3. The average Bonchev–Trinajstić information content (AvgIpc) is 2.66. The number of anilines is 1. The molecule has 0 unspecified atom stereocenters. The van der Waals surface area contributed by atoms with Crippen molar-refractivity contribution >= 4 is 5.82 Å². The van der Waals surface area contributed by atoms with E-state index in [9.17, 15) is 5.26 Å². The van der Waals surface area contributed by atoms with E-state index in [-0.39, 0.29) is 0 Å². The van der Waals surface area contributed by atoms with Crippen LogP contribution < -0.4 is 9.64 Å². The Labute approximate surface area is 153 Å². The first-order valence-corrected chi connectivity index (χ1v) is 9.38. The SMILES string of the molecule is N#Cc1cccnc1N1CCC(COc2cc(C3CCC3)ncn2)CC1. The molecule has 1 aliphatic carbocycles. The molecule has 2 aromatic heterocycles. The van der Waals surface area contributed by atoms with Crippen LogP contribution in [0.1, 0.15) is 49.3 Å². The standard InChI is InChI=1S/C20H23N5O/c21-12-17-5-2-8-22-20(17)25-9-6-15(7-10-25)13-26-19-11-18(23-14-24-19)16-3-1-4-16/h2,5,8,11,14-16H,1,3-4,6-7,9-10,13H2. The van der Waals surface area contributed by atoms with Crippen molar-refractivity contribution in [1.82, 2.24) is 15.0 Å². The molecule has 134 valence electrons. The topological polar surface area (TPSA) is 74.9 Å². The molecular weight excluding hydrogens is 326 g/mol. The summed E-state index contributed by atoms with van der Waals surface area (Å²) in [6, 6.07) is 7.87. The molecule has 6 nitrogen and oxygen atoms in total. The Bertz CT molecular complexity index is 791. The second-order valence-electron chi connectivity index (χ2n) is 7.14. The van der Waals surface area contributed by atoms with Gasteiger partial charge in [-0.05, 0) is 43.7 Å². The van der Waals surface area contributed by atoms with Crippen LogP contribution in [-0.4, -0.2) is 34.6 Å². The molecule has 1 saturated carbocycles. The zero-order valence-corrected chi connectivity index (χ0v) is 14.8. The first-order valence-electron chi connectivity index (χ1n) is 9.38. The summed E-state index contributed by atoms with van der Waals surface area (Å²) in [7, 11) is 0. The molecule has 0 aromatic carbocycles. The molecule has 4 rings (SSSR count). The molecule has 0 atom stereocenters. The van der Waals surface area contributed by atoms with Gasteiger partial charge in [0.1, 0.15) is 18.2 Å². The first kappa shape index (κ1) is 16.8. The van der Waals surface area contributed by atoms with E-state index in [0.717, 1.165) is 37.4 Å². The third-order valence-electron chi connectivity index (χ3n) is 5.47. The second-order valence-corrected chi connectivity index (χ2v) is 7.14. The lowest BCUT2D eigenvalue weighted by Gasteiger charge is -2.33. The summed E-state index contributed by atoms with van der Waals surface area (Å²) in [6.07, 6.45) is 9.19. The Hall–Kier alpha value is -2.68. The van der Waals surface area contributed by atoms with E-state index in [1.165, 1.54) is 19.3 Å². The Morgan fingerprint density at radius 2 is 2.00 bits per heavy atom. The van der Waals surface area contributed by atoms with Crippen LogP contribution >= 0.6 is 0 Å². The number of ether oxygens (including phenoxy) is 1. The summed E-state index contributed by atoms with van der Waals surface area (Å²) in [6.45, 7) is 2.48. The van der Waals surface area contributed by atoms with E-state index >= 15 is 0 Å². The lowest BCUT2D eigenvalue weighted by atomic mass is 9.83. The third kappa shape index (κ3) is 3.62. The van der Waals surface area contributed by atoms with Gasteiger partial charge in [0, 0.05) is 31.3 Å². The normalized spacial score (nSPS) is 18.2. The smallest absolute Gasteiger partial charge is 0.216 e. The van der Waals surface area contributed by atoms with E-state index in [1.54, 1.807) is 12.5 Å². The largest absolute Gasteiger partial charge is 0.477 e. The molecular formula is C20H23N5O. The summed E-state index contributed by atoms with van der Waals surface area (Å²) in [5.74, 6) is 2.59. The van der Waals surface area contributed by atoms with Gasteiger partial charge in [-0.15, -0.1) is 0 Å². The van der Waals surface area contributed by atoms with Gasteiger partial charge in [-0.1, -0.05) is 6.42 Å². The maximum Gasteiger partial charge on any atom is 0.216 e. The van der Waals surface area contributed by atoms with Crippen LogP contribution in [0.3, 0.4) is 0 Å². The number of rotatable bonds is 5. The van der Waals surface area contributed by atoms with Crippen molar-refractivity contribution in [2.45, 2.75) is 38.0 Å². The summed E-state index contributed by atoms with van der Waals surface area (Å²) < 4.78 is 5.95. The molecule has 0 bridgehead atoms. The van der Waals surface area contributed by atoms with Crippen molar-refractivity contribution in [3.8, 4) is 11.9 Å². The highest BCUT2D eigenvalue weighted by Gasteiger charge is 2.24. The van der Waals surface area contributed by atoms with Crippen molar-refractivity contribution in [1.29, 1.82) is 5.26 Å². The molecule has 0 amide bonds. The molecule has 2 aromatic rings. The minimum Gasteiger partial charge on any atom is -0.477 e. The highest BCUT2D eigenvalue weighted by molar-refractivity contribution is 5.53. The Balaban J connectivity index is 1.30. The Kier molecular flexibility index (Phi) is 4.96. The monoisotopic (exact) mass is 349 g/mol. The van der Waals surface area contributed by atoms with Crippen molar-refractivity contribution < 1.29 is 4.74 Å². The number of hydrogen-bond donors (Lipinski definition) is 0. The summed E-state index contributed by atoms with van der Waals surface area (Å²) in [5.41, 5.74) is 1.77. The zero-order chi connectivity index (χ0) is 17.8. The number of nitriles is 1. The van der Waals surface area contributed by atoms with Gasteiger partial charge < -0.3 is 9.64 Å². The fourth-order valence-electron chi connectivity index (χ4n) is 3.61. The molecule has 26 heavy (non-hydrogen) atoms. The number of pyridine rings is 1. The van der Waals surface area contributed by atoms with Crippen LogP contribution in [0, 0.1) is 17.2 Å². The van der Waals surface area contributed by atoms with Gasteiger partial charge in [0.05, 0.1) is 17.9 Å². The lowest BCUT2D eigenvalue weighted by molar-refractivity contribution is 0.215. The minimum atomic E-state index is 0.502. The third-order valence-corrected chi connectivity index (χ3v) is 5.47. The van der Waals surface area contributed by atoms with E-state index in [4.69, 9.17) is 4.74 Å². The molecule has 1 aliphatic heterocycles. The summed E-state index contributed by atoms with van der Waals surface area (Å²) in [5, 5.41) is 9.25. The number of nitrogens with zero attached hydrogens (tertiary/aromatic N) is 5. The van der Waals surface area contributed by atoms with Crippen molar-refractivity contribution in [2.75, 3.05) is 24.6 Å². The van der Waals surface area contributed by atoms with Gasteiger partial charge in [-0.3, -0.25) is 0 Å². The van der Waals surface area contributed by atoms with E-state index in [2.05, 4.69) is 25.9 Å². The molecule has 3 heterocycles. The van der Waals surface area contributed by atoms with Crippen LogP contribution in [0.15, 0.2) is 30.7 Å². The predicted octanol–water partition coefficient (Wildman–Crippen LogP) is 3.31. The van der Waals surface area contributed by atoms with Gasteiger partial charge in [0.2, 0.25) is 5.88 Å². The van der Waals surface area contributed by atoms with Gasteiger partial charge in [-0.2, -0.15) is 5.26 Å². The second kappa shape index (κ2) is 7.69. The lowest BCUT2D eigenvalue weighted by Crippen LogP contribution is -2.36.